The average Bonchev–Trinajstić information content (AvgIpc) is 2.48. The second kappa shape index (κ2) is 7.06. The topological polar surface area (TPSA) is 83.7 Å². The molecule has 0 spiro atoms. The third-order valence-electron chi connectivity index (χ3n) is 3.24. The normalized spacial score (nSPS) is 16.0. The van der Waals surface area contributed by atoms with Crippen LogP contribution in [0.4, 0.5) is 10.6 Å². The van der Waals surface area contributed by atoms with Crippen molar-refractivity contribution in [2.45, 2.75) is 13.5 Å². The molecule has 7 nitrogen and oxygen atoms in total. The predicted molar refractivity (Wildman–Crippen MR) is 75.9 cm³/mol. The molecular formula is C13H21N5O2. The number of amides is 1. The Labute approximate surface area is 118 Å². The Morgan fingerprint density at radius 1 is 1.40 bits per heavy atom. The van der Waals surface area contributed by atoms with Crippen molar-refractivity contribution in [1.82, 2.24) is 14.8 Å². The van der Waals surface area contributed by atoms with Gasteiger partial charge in [-0.15, -0.1) is 0 Å². The largest absolute Gasteiger partial charge is 0.450 e. The lowest BCUT2D eigenvalue weighted by Crippen LogP contribution is -2.48. The Bertz CT molecular complexity index is 446. The summed E-state index contributed by atoms with van der Waals surface area (Å²) in [6.07, 6.45) is -0.223. The maximum absolute atomic E-state index is 11.6. The summed E-state index contributed by atoms with van der Waals surface area (Å²) in [6.45, 7) is 6.01. The second-order valence-corrected chi connectivity index (χ2v) is 4.62. The molecule has 1 fully saturated rings. The van der Waals surface area contributed by atoms with Crippen LogP contribution in [-0.2, 0) is 11.3 Å². The third-order valence-corrected chi connectivity index (χ3v) is 3.24. The summed E-state index contributed by atoms with van der Waals surface area (Å²) in [5, 5.41) is 0. The zero-order valence-corrected chi connectivity index (χ0v) is 11.7. The molecule has 0 atom stereocenters. The summed E-state index contributed by atoms with van der Waals surface area (Å²) in [7, 11) is 0. The molecule has 0 radical (unpaired) electrons. The Morgan fingerprint density at radius 2 is 2.15 bits per heavy atom. The van der Waals surface area contributed by atoms with Gasteiger partial charge >= 0.3 is 6.09 Å². The molecule has 2 rings (SSSR count). The van der Waals surface area contributed by atoms with E-state index in [-0.39, 0.29) is 6.09 Å². The number of nitrogens with zero attached hydrogens (tertiary/aromatic N) is 3. The fraction of sp³-hybridized carbons (Fsp3) is 0.538. The number of carbonyl (C=O) groups is 1. The van der Waals surface area contributed by atoms with Crippen LogP contribution >= 0.6 is 0 Å². The Kier molecular flexibility index (Phi) is 5.14. The van der Waals surface area contributed by atoms with Crippen molar-refractivity contribution in [3.05, 3.63) is 23.9 Å². The summed E-state index contributed by atoms with van der Waals surface area (Å²) in [5.74, 6) is 6.01. The number of nitrogens with one attached hydrogen (secondary N) is 1. The standard InChI is InChI=1S/C13H21N5O2/c1-2-20-13(19)18-8-6-17(7-9-18)10-11-4-3-5-12(15-11)16-14/h3-5H,2,6-10,14H2,1H3,(H,15,16). The molecule has 3 N–H and O–H groups in total. The van der Waals surface area contributed by atoms with Crippen LogP contribution in [-0.4, -0.2) is 53.7 Å². The lowest BCUT2D eigenvalue weighted by molar-refractivity contribution is 0.0775. The van der Waals surface area contributed by atoms with Gasteiger partial charge < -0.3 is 15.1 Å². The van der Waals surface area contributed by atoms with Crippen molar-refractivity contribution in [2.75, 3.05) is 38.2 Å². The van der Waals surface area contributed by atoms with Crippen molar-refractivity contribution in [1.29, 1.82) is 0 Å². The van der Waals surface area contributed by atoms with E-state index in [0.717, 1.165) is 25.3 Å². The molecule has 2 heterocycles. The number of hydrazine groups is 1. The Morgan fingerprint density at radius 3 is 2.80 bits per heavy atom. The van der Waals surface area contributed by atoms with Gasteiger partial charge in [0.15, 0.2) is 0 Å². The van der Waals surface area contributed by atoms with E-state index in [1.165, 1.54) is 0 Å². The quantitative estimate of drug-likeness (QED) is 0.621. The van der Waals surface area contributed by atoms with Gasteiger partial charge in [0.25, 0.3) is 0 Å². The zero-order valence-electron chi connectivity index (χ0n) is 11.7. The van der Waals surface area contributed by atoms with E-state index in [1.54, 1.807) is 4.90 Å². The number of nitrogens with two attached hydrogens (primary N) is 1. The SMILES string of the molecule is CCOC(=O)N1CCN(Cc2cccc(NN)n2)CC1. The minimum Gasteiger partial charge on any atom is -0.450 e. The third kappa shape index (κ3) is 3.82. The van der Waals surface area contributed by atoms with E-state index in [9.17, 15) is 4.79 Å². The lowest BCUT2D eigenvalue weighted by Gasteiger charge is -2.33. The molecule has 0 bridgehead atoms. The highest BCUT2D eigenvalue weighted by Crippen LogP contribution is 2.10. The number of hydrogen-bond donors (Lipinski definition) is 2. The monoisotopic (exact) mass is 279 g/mol. The Balaban J connectivity index is 1.83. The number of carbonyl (C=O) groups excluding carboxylic acids is 1. The first-order valence-electron chi connectivity index (χ1n) is 6.79. The van der Waals surface area contributed by atoms with Gasteiger partial charge in [-0.3, -0.25) is 4.90 Å². The van der Waals surface area contributed by atoms with Gasteiger partial charge in [-0.1, -0.05) is 6.07 Å². The van der Waals surface area contributed by atoms with Gasteiger partial charge in [-0.25, -0.2) is 15.6 Å². The van der Waals surface area contributed by atoms with Crippen LogP contribution in [0.2, 0.25) is 0 Å². The van der Waals surface area contributed by atoms with Gasteiger partial charge in [0.05, 0.1) is 12.3 Å². The number of rotatable bonds is 4. The second-order valence-electron chi connectivity index (χ2n) is 4.62. The fourth-order valence-electron chi connectivity index (χ4n) is 2.18. The maximum Gasteiger partial charge on any atom is 0.409 e. The molecule has 1 aromatic heterocycles. The van der Waals surface area contributed by atoms with Crippen LogP contribution in [0.5, 0.6) is 0 Å². The molecule has 0 aromatic carbocycles. The first-order chi connectivity index (χ1) is 9.72. The van der Waals surface area contributed by atoms with Gasteiger partial charge in [-0.05, 0) is 19.1 Å². The molecule has 0 aliphatic carbocycles. The highest BCUT2D eigenvalue weighted by Gasteiger charge is 2.21. The molecule has 1 aliphatic rings. The van der Waals surface area contributed by atoms with Gasteiger partial charge in [0.1, 0.15) is 5.82 Å². The molecule has 1 aromatic rings. The number of aromatic nitrogens is 1. The average molecular weight is 279 g/mol. The predicted octanol–water partition coefficient (Wildman–Crippen LogP) is 0.641. The van der Waals surface area contributed by atoms with E-state index in [4.69, 9.17) is 10.6 Å². The minimum atomic E-state index is -0.223. The first kappa shape index (κ1) is 14.5. The number of hydrogen-bond acceptors (Lipinski definition) is 6. The van der Waals surface area contributed by atoms with E-state index in [0.29, 0.717) is 25.5 Å². The molecule has 7 heteroatoms. The van der Waals surface area contributed by atoms with Crippen LogP contribution in [0.3, 0.4) is 0 Å². The molecule has 1 amide bonds. The first-order valence-corrected chi connectivity index (χ1v) is 6.79. The molecule has 1 aliphatic heterocycles. The molecule has 0 saturated carbocycles. The van der Waals surface area contributed by atoms with Crippen LogP contribution in [0.25, 0.3) is 0 Å². The number of nitrogen functional groups attached to an aromatic ring is 1. The van der Waals surface area contributed by atoms with Crippen LogP contribution in [0.1, 0.15) is 12.6 Å². The summed E-state index contributed by atoms with van der Waals surface area (Å²) >= 11 is 0. The van der Waals surface area contributed by atoms with Crippen molar-refractivity contribution in [3.8, 4) is 0 Å². The van der Waals surface area contributed by atoms with E-state index in [2.05, 4.69) is 15.3 Å². The van der Waals surface area contributed by atoms with E-state index >= 15 is 0 Å². The van der Waals surface area contributed by atoms with Crippen molar-refractivity contribution < 1.29 is 9.53 Å². The highest BCUT2D eigenvalue weighted by atomic mass is 16.6. The van der Waals surface area contributed by atoms with Crippen molar-refractivity contribution >= 4 is 11.9 Å². The fourth-order valence-corrected chi connectivity index (χ4v) is 2.18. The Hall–Kier alpha value is -1.86. The number of pyridine rings is 1. The number of ether oxygens (including phenoxy) is 1. The van der Waals surface area contributed by atoms with Gasteiger partial charge in [0, 0.05) is 32.7 Å². The molecule has 110 valence electrons. The molecule has 1 saturated heterocycles. The summed E-state index contributed by atoms with van der Waals surface area (Å²) in [4.78, 5) is 20.0. The van der Waals surface area contributed by atoms with Gasteiger partial charge in [-0.2, -0.15) is 0 Å². The zero-order chi connectivity index (χ0) is 14.4. The van der Waals surface area contributed by atoms with Crippen LogP contribution < -0.4 is 11.3 Å². The summed E-state index contributed by atoms with van der Waals surface area (Å²) in [6, 6.07) is 5.72. The van der Waals surface area contributed by atoms with E-state index in [1.807, 2.05) is 25.1 Å². The van der Waals surface area contributed by atoms with E-state index < -0.39 is 0 Å². The number of piperazine rings is 1. The molecular weight excluding hydrogens is 258 g/mol. The highest BCUT2D eigenvalue weighted by molar-refractivity contribution is 5.67. The lowest BCUT2D eigenvalue weighted by atomic mass is 10.2. The molecule has 0 unspecified atom stereocenters. The minimum absolute atomic E-state index is 0.223. The summed E-state index contributed by atoms with van der Waals surface area (Å²) < 4.78 is 5.00. The summed E-state index contributed by atoms with van der Waals surface area (Å²) in [5.41, 5.74) is 3.50. The van der Waals surface area contributed by atoms with Crippen molar-refractivity contribution in [2.24, 2.45) is 5.84 Å². The molecule has 20 heavy (non-hydrogen) atoms. The maximum atomic E-state index is 11.6. The smallest absolute Gasteiger partial charge is 0.409 e. The number of anilines is 1. The van der Waals surface area contributed by atoms with Crippen molar-refractivity contribution in [3.63, 3.8) is 0 Å². The van der Waals surface area contributed by atoms with Gasteiger partial charge in [0.2, 0.25) is 0 Å². The van der Waals surface area contributed by atoms with Crippen LogP contribution in [0, 0.1) is 0 Å². The van der Waals surface area contributed by atoms with Crippen LogP contribution in [0.15, 0.2) is 18.2 Å².